The van der Waals surface area contributed by atoms with Crippen LogP contribution in [0.15, 0.2) is 18.5 Å². The van der Waals surface area contributed by atoms with Crippen molar-refractivity contribution in [3.8, 4) is 0 Å². The van der Waals surface area contributed by atoms with Crippen molar-refractivity contribution in [2.75, 3.05) is 20.1 Å². The van der Waals surface area contributed by atoms with E-state index >= 15 is 0 Å². The Kier molecular flexibility index (Phi) is 4.31. The molecule has 98 valence electrons. The van der Waals surface area contributed by atoms with E-state index in [2.05, 4.69) is 22.2 Å². The zero-order valence-corrected chi connectivity index (χ0v) is 11.1. The van der Waals surface area contributed by atoms with E-state index in [1.807, 2.05) is 13.0 Å². The van der Waals surface area contributed by atoms with Crippen LogP contribution in [0.3, 0.4) is 0 Å². The monoisotopic (exact) mass is 247 g/mol. The van der Waals surface area contributed by atoms with E-state index in [1.54, 1.807) is 12.4 Å². The lowest BCUT2D eigenvalue weighted by molar-refractivity contribution is 0.0950. The minimum atomic E-state index is -0.0214. The first kappa shape index (κ1) is 13.0. The van der Waals surface area contributed by atoms with Gasteiger partial charge in [0.15, 0.2) is 0 Å². The Balaban J connectivity index is 1.78. The van der Waals surface area contributed by atoms with E-state index in [9.17, 15) is 4.79 Å². The Morgan fingerprint density at radius 3 is 3.06 bits per heavy atom. The van der Waals surface area contributed by atoms with Crippen molar-refractivity contribution in [3.05, 3.63) is 29.6 Å². The first-order valence-electron chi connectivity index (χ1n) is 6.57. The zero-order chi connectivity index (χ0) is 13.0. The standard InChI is InChI=1S/C14H21N3O/c1-11-8-12(10-15-9-11)14(18)16-6-5-13-4-3-7-17(13)2/h8-10,13H,3-7H2,1-2H3,(H,16,18). The van der Waals surface area contributed by atoms with Gasteiger partial charge in [-0.3, -0.25) is 9.78 Å². The van der Waals surface area contributed by atoms with Gasteiger partial charge in [-0.25, -0.2) is 0 Å². The van der Waals surface area contributed by atoms with Crippen LogP contribution in [-0.4, -0.2) is 42.0 Å². The number of rotatable bonds is 4. The molecule has 1 N–H and O–H groups in total. The van der Waals surface area contributed by atoms with Crippen LogP contribution in [0, 0.1) is 6.92 Å². The van der Waals surface area contributed by atoms with Crippen molar-refractivity contribution in [1.29, 1.82) is 0 Å². The van der Waals surface area contributed by atoms with Crippen molar-refractivity contribution >= 4 is 5.91 Å². The molecule has 1 amide bonds. The Bertz CT molecular complexity index is 419. The van der Waals surface area contributed by atoms with Crippen LogP contribution in [0.2, 0.25) is 0 Å². The maximum Gasteiger partial charge on any atom is 0.252 e. The van der Waals surface area contributed by atoms with Crippen molar-refractivity contribution in [2.24, 2.45) is 0 Å². The van der Waals surface area contributed by atoms with Crippen LogP contribution in [0.5, 0.6) is 0 Å². The second-order valence-corrected chi connectivity index (χ2v) is 5.07. The van der Waals surface area contributed by atoms with Gasteiger partial charge in [0.05, 0.1) is 5.56 Å². The maximum absolute atomic E-state index is 11.9. The van der Waals surface area contributed by atoms with Gasteiger partial charge in [0.2, 0.25) is 0 Å². The third kappa shape index (κ3) is 3.29. The van der Waals surface area contributed by atoms with Gasteiger partial charge in [0, 0.05) is 25.0 Å². The van der Waals surface area contributed by atoms with Gasteiger partial charge in [-0.05, 0) is 51.4 Å². The molecule has 0 bridgehead atoms. The molecule has 0 aliphatic carbocycles. The first-order valence-corrected chi connectivity index (χ1v) is 6.57. The molecule has 4 heteroatoms. The number of carbonyl (C=O) groups excluding carboxylic acids is 1. The Labute approximate surface area is 108 Å². The highest BCUT2D eigenvalue weighted by atomic mass is 16.1. The predicted octanol–water partition coefficient (Wildman–Crippen LogP) is 1.60. The van der Waals surface area contributed by atoms with Crippen molar-refractivity contribution in [3.63, 3.8) is 0 Å². The van der Waals surface area contributed by atoms with Crippen LogP contribution in [-0.2, 0) is 0 Å². The molecule has 1 fully saturated rings. The number of amides is 1. The number of hydrogen-bond donors (Lipinski definition) is 1. The molecular weight excluding hydrogens is 226 g/mol. The number of hydrogen-bond acceptors (Lipinski definition) is 3. The third-order valence-corrected chi connectivity index (χ3v) is 3.57. The predicted molar refractivity (Wildman–Crippen MR) is 71.6 cm³/mol. The molecule has 1 aliphatic heterocycles. The fraction of sp³-hybridized carbons (Fsp3) is 0.571. The number of pyridine rings is 1. The molecule has 1 aromatic heterocycles. The summed E-state index contributed by atoms with van der Waals surface area (Å²) in [6, 6.07) is 2.49. The molecule has 2 rings (SSSR count). The third-order valence-electron chi connectivity index (χ3n) is 3.57. The average Bonchev–Trinajstić information content (AvgIpc) is 2.75. The Morgan fingerprint density at radius 2 is 2.39 bits per heavy atom. The molecule has 1 saturated heterocycles. The number of nitrogens with zero attached hydrogens (tertiary/aromatic N) is 2. The molecular formula is C14H21N3O. The van der Waals surface area contributed by atoms with Crippen molar-refractivity contribution < 1.29 is 4.79 Å². The molecule has 4 nitrogen and oxygen atoms in total. The number of likely N-dealkylation sites (tertiary alicyclic amines) is 1. The normalized spacial score (nSPS) is 20.0. The highest BCUT2D eigenvalue weighted by Crippen LogP contribution is 2.17. The average molecular weight is 247 g/mol. The molecule has 1 unspecified atom stereocenters. The van der Waals surface area contributed by atoms with Crippen LogP contribution in [0.25, 0.3) is 0 Å². The quantitative estimate of drug-likeness (QED) is 0.879. The minimum absolute atomic E-state index is 0.0214. The van der Waals surface area contributed by atoms with Gasteiger partial charge in [-0.15, -0.1) is 0 Å². The van der Waals surface area contributed by atoms with E-state index in [0.717, 1.165) is 18.5 Å². The van der Waals surface area contributed by atoms with Crippen LogP contribution < -0.4 is 5.32 Å². The van der Waals surface area contributed by atoms with Gasteiger partial charge in [-0.1, -0.05) is 0 Å². The Morgan fingerprint density at radius 1 is 1.56 bits per heavy atom. The topological polar surface area (TPSA) is 45.2 Å². The van der Waals surface area contributed by atoms with Gasteiger partial charge in [0.25, 0.3) is 5.91 Å². The van der Waals surface area contributed by atoms with Gasteiger partial charge in [0.1, 0.15) is 0 Å². The molecule has 0 spiro atoms. The number of aromatic nitrogens is 1. The lowest BCUT2D eigenvalue weighted by atomic mass is 10.1. The number of carbonyl (C=O) groups is 1. The number of nitrogens with one attached hydrogen (secondary N) is 1. The first-order chi connectivity index (χ1) is 8.66. The second kappa shape index (κ2) is 5.96. The van der Waals surface area contributed by atoms with Crippen LogP contribution in [0.4, 0.5) is 0 Å². The lowest BCUT2D eigenvalue weighted by Gasteiger charge is -2.19. The highest BCUT2D eigenvalue weighted by molar-refractivity contribution is 5.93. The second-order valence-electron chi connectivity index (χ2n) is 5.07. The van der Waals surface area contributed by atoms with E-state index in [4.69, 9.17) is 0 Å². The summed E-state index contributed by atoms with van der Waals surface area (Å²) >= 11 is 0. The van der Waals surface area contributed by atoms with Crippen molar-refractivity contribution in [1.82, 2.24) is 15.2 Å². The van der Waals surface area contributed by atoms with Crippen LogP contribution in [0.1, 0.15) is 35.2 Å². The van der Waals surface area contributed by atoms with E-state index < -0.39 is 0 Å². The summed E-state index contributed by atoms with van der Waals surface area (Å²) in [7, 11) is 2.16. The molecule has 0 saturated carbocycles. The molecule has 1 aromatic rings. The molecule has 1 atom stereocenters. The van der Waals surface area contributed by atoms with E-state index in [0.29, 0.717) is 11.6 Å². The summed E-state index contributed by atoms with van der Waals surface area (Å²) in [5.74, 6) is -0.0214. The molecule has 1 aliphatic rings. The molecule has 0 aromatic carbocycles. The lowest BCUT2D eigenvalue weighted by Crippen LogP contribution is -2.31. The molecule has 2 heterocycles. The SMILES string of the molecule is Cc1cncc(C(=O)NCCC2CCCN2C)c1. The largest absolute Gasteiger partial charge is 0.352 e. The summed E-state index contributed by atoms with van der Waals surface area (Å²) in [5.41, 5.74) is 1.66. The summed E-state index contributed by atoms with van der Waals surface area (Å²) in [6.07, 6.45) is 6.92. The Hall–Kier alpha value is -1.42. The van der Waals surface area contributed by atoms with E-state index in [1.165, 1.54) is 19.4 Å². The van der Waals surface area contributed by atoms with E-state index in [-0.39, 0.29) is 5.91 Å². The summed E-state index contributed by atoms with van der Waals surface area (Å²) in [5, 5.41) is 2.97. The minimum Gasteiger partial charge on any atom is -0.352 e. The van der Waals surface area contributed by atoms with Gasteiger partial charge in [-0.2, -0.15) is 0 Å². The summed E-state index contributed by atoms with van der Waals surface area (Å²) in [6.45, 7) is 3.86. The smallest absolute Gasteiger partial charge is 0.252 e. The zero-order valence-electron chi connectivity index (χ0n) is 11.1. The fourth-order valence-electron chi connectivity index (χ4n) is 2.48. The molecule has 18 heavy (non-hydrogen) atoms. The number of aryl methyl sites for hydroxylation is 1. The van der Waals surface area contributed by atoms with Gasteiger partial charge >= 0.3 is 0 Å². The van der Waals surface area contributed by atoms with Gasteiger partial charge < -0.3 is 10.2 Å². The molecule has 0 radical (unpaired) electrons. The van der Waals surface area contributed by atoms with Crippen molar-refractivity contribution in [2.45, 2.75) is 32.2 Å². The maximum atomic E-state index is 11.9. The fourth-order valence-corrected chi connectivity index (χ4v) is 2.48. The summed E-state index contributed by atoms with van der Waals surface area (Å²) < 4.78 is 0. The summed E-state index contributed by atoms with van der Waals surface area (Å²) in [4.78, 5) is 18.3. The highest BCUT2D eigenvalue weighted by Gasteiger charge is 2.20. The van der Waals surface area contributed by atoms with Crippen LogP contribution >= 0.6 is 0 Å².